The summed E-state index contributed by atoms with van der Waals surface area (Å²) in [7, 11) is -3.78. The molecule has 45 heavy (non-hydrogen) atoms. The molecule has 0 aliphatic heterocycles. The zero-order chi connectivity index (χ0) is 32.7. The number of hydrogen-bond donors (Lipinski definition) is 2. The predicted octanol–water partition coefficient (Wildman–Crippen LogP) is 6.79. The lowest BCUT2D eigenvalue weighted by Crippen LogP contribution is -2.33. The first-order valence-corrected chi connectivity index (χ1v) is 16.3. The van der Waals surface area contributed by atoms with Crippen LogP contribution in [0, 0.1) is 17.0 Å². The average molecular weight is 673 g/mol. The summed E-state index contributed by atoms with van der Waals surface area (Å²) < 4.78 is 23.7. The van der Waals surface area contributed by atoms with Crippen molar-refractivity contribution in [2.75, 3.05) is 30.1 Å². The van der Waals surface area contributed by atoms with E-state index >= 15 is 4.57 Å². The topological polar surface area (TPSA) is 149 Å². The van der Waals surface area contributed by atoms with E-state index in [9.17, 15) is 19.7 Å². The van der Waals surface area contributed by atoms with Gasteiger partial charge in [0.15, 0.2) is 0 Å². The summed E-state index contributed by atoms with van der Waals surface area (Å²) in [5, 5.41) is 22.9. The molecule has 1 unspecified atom stereocenters. The lowest BCUT2D eigenvalue weighted by molar-refractivity contribution is -0.384. The van der Waals surface area contributed by atoms with Crippen LogP contribution in [0.1, 0.15) is 40.3 Å². The Morgan fingerprint density at radius 3 is 2.04 bits per heavy atom. The molecule has 0 radical (unpaired) electrons. The summed E-state index contributed by atoms with van der Waals surface area (Å²) in [4.78, 5) is 36.7. The van der Waals surface area contributed by atoms with Crippen LogP contribution in [0.4, 0.5) is 17.2 Å². The largest absolute Gasteiger partial charge is 0.460 e. The van der Waals surface area contributed by atoms with Crippen molar-refractivity contribution in [1.82, 2.24) is 14.5 Å². The third-order valence-electron chi connectivity index (χ3n) is 6.84. The van der Waals surface area contributed by atoms with Gasteiger partial charge in [-0.05, 0) is 67.6 Å². The van der Waals surface area contributed by atoms with E-state index in [0.717, 1.165) is 0 Å². The maximum Gasteiger partial charge on any atom is 0.338 e. The monoisotopic (exact) mass is 672 g/mol. The van der Waals surface area contributed by atoms with Crippen LogP contribution in [0.25, 0.3) is 0 Å². The zero-order valence-corrected chi connectivity index (χ0v) is 27.1. The second kappa shape index (κ2) is 14.7. The molecule has 0 spiro atoms. The molecule has 4 rings (SSSR count). The number of nitrogens with one attached hydrogen (secondary N) is 2. The van der Waals surface area contributed by atoms with Crippen molar-refractivity contribution in [2.45, 2.75) is 27.3 Å². The fourth-order valence-electron chi connectivity index (χ4n) is 4.62. The molecule has 1 atom stereocenters. The van der Waals surface area contributed by atoms with E-state index < -0.39 is 24.2 Å². The van der Waals surface area contributed by atoms with Crippen LogP contribution < -0.4 is 15.7 Å². The molecule has 2 N–H and O–H groups in total. The molecule has 0 fully saturated rings. The Kier molecular flexibility index (Phi) is 11.0. The number of hydrogen-bond acceptors (Lipinski definition) is 7. The van der Waals surface area contributed by atoms with Crippen molar-refractivity contribution in [2.24, 2.45) is 0 Å². The molecule has 0 aliphatic carbocycles. The number of aromatic nitrogens is 2. The van der Waals surface area contributed by atoms with Crippen molar-refractivity contribution in [1.29, 1.82) is 0 Å². The van der Waals surface area contributed by atoms with Crippen LogP contribution in [0.3, 0.4) is 0 Å². The van der Waals surface area contributed by atoms with Gasteiger partial charge in [-0.15, -0.1) is 0 Å². The fourth-order valence-corrected chi connectivity index (χ4v) is 7.64. The molecule has 1 aromatic heterocycles. The summed E-state index contributed by atoms with van der Waals surface area (Å²) >= 11 is 11.9. The maximum atomic E-state index is 15.1. The number of carbonyl (C=O) groups is 2. The van der Waals surface area contributed by atoms with Gasteiger partial charge >= 0.3 is 5.97 Å². The van der Waals surface area contributed by atoms with Gasteiger partial charge in [0.1, 0.15) is 17.7 Å². The highest BCUT2D eigenvalue weighted by Gasteiger charge is 2.39. The molecular formula is C30H31Cl2N6O6P. The minimum absolute atomic E-state index is 0.0200. The minimum Gasteiger partial charge on any atom is -0.460 e. The van der Waals surface area contributed by atoms with E-state index in [1.165, 1.54) is 28.9 Å². The Balaban J connectivity index is 1.74. The average Bonchev–Trinajstić information content (AvgIpc) is 3.33. The number of aryl methyl sites for hydroxylation is 1. The number of non-ortho nitro benzene ring substituents is 1. The van der Waals surface area contributed by atoms with Gasteiger partial charge in [-0.25, -0.2) is 14.1 Å². The Morgan fingerprint density at radius 2 is 1.51 bits per heavy atom. The van der Waals surface area contributed by atoms with Gasteiger partial charge in [0, 0.05) is 46.5 Å². The van der Waals surface area contributed by atoms with Crippen molar-refractivity contribution >= 4 is 65.0 Å². The molecule has 0 bridgehead atoms. The lowest BCUT2D eigenvalue weighted by Gasteiger charge is -2.31. The van der Waals surface area contributed by atoms with Gasteiger partial charge in [-0.1, -0.05) is 37.0 Å². The maximum absolute atomic E-state index is 15.1. The van der Waals surface area contributed by atoms with E-state index in [1.807, 2.05) is 13.8 Å². The Labute approximate surface area is 269 Å². The van der Waals surface area contributed by atoms with Crippen molar-refractivity contribution in [3.05, 3.63) is 110 Å². The number of amides is 1. The Morgan fingerprint density at radius 1 is 0.956 bits per heavy atom. The number of halogens is 2. The SMILES string of the molecule is CCN(CC)P(=O)(Nc1ccc([N+](=O)[O-])cc1)c1c(C)nn(CCOC(=O)c2ccc(Cl)cc2)c1NC(=O)c1ccc(Cl)cc1. The first kappa shape index (κ1) is 33.7. The lowest BCUT2D eigenvalue weighted by atomic mass is 10.2. The van der Waals surface area contributed by atoms with Gasteiger partial charge in [0.25, 0.3) is 19.0 Å². The second-order valence-electron chi connectivity index (χ2n) is 9.74. The van der Waals surface area contributed by atoms with Gasteiger partial charge in [-0.2, -0.15) is 5.10 Å². The summed E-state index contributed by atoms with van der Waals surface area (Å²) in [5.41, 5.74) is 1.22. The Bertz CT molecular complexity index is 1730. The highest BCUT2D eigenvalue weighted by molar-refractivity contribution is 7.71. The van der Waals surface area contributed by atoms with Gasteiger partial charge in [0.05, 0.1) is 22.7 Å². The summed E-state index contributed by atoms with van der Waals surface area (Å²) in [5.74, 6) is -0.940. The van der Waals surface area contributed by atoms with Crippen molar-refractivity contribution in [3.63, 3.8) is 0 Å². The van der Waals surface area contributed by atoms with Crippen molar-refractivity contribution < 1.29 is 23.8 Å². The van der Waals surface area contributed by atoms with E-state index in [4.69, 9.17) is 27.9 Å². The number of esters is 1. The normalized spacial score (nSPS) is 12.4. The molecule has 1 heterocycles. The minimum atomic E-state index is -3.78. The fraction of sp³-hybridized carbons (Fsp3) is 0.233. The first-order valence-electron chi connectivity index (χ1n) is 13.9. The third-order valence-corrected chi connectivity index (χ3v) is 10.4. The van der Waals surface area contributed by atoms with Crippen LogP contribution in [0.2, 0.25) is 10.0 Å². The molecule has 3 aromatic carbocycles. The number of nitrogens with zero attached hydrogens (tertiary/aromatic N) is 4. The number of carbonyl (C=O) groups excluding carboxylic acids is 2. The van der Waals surface area contributed by atoms with Gasteiger partial charge in [0.2, 0.25) is 0 Å². The smallest absolute Gasteiger partial charge is 0.338 e. The number of ether oxygens (including phenoxy) is 1. The number of anilines is 2. The van der Waals surface area contributed by atoms with Crippen LogP contribution in [-0.4, -0.2) is 50.9 Å². The van der Waals surface area contributed by atoms with Crippen molar-refractivity contribution in [3.8, 4) is 0 Å². The molecule has 0 saturated heterocycles. The molecular weight excluding hydrogens is 642 g/mol. The van der Waals surface area contributed by atoms with Crippen LogP contribution in [0.15, 0.2) is 72.8 Å². The van der Waals surface area contributed by atoms with Crippen LogP contribution in [0.5, 0.6) is 0 Å². The quantitative estimate of drug-likeness (QED) is 0.0677. The van der Waals surface area contributed by atoms with E-state index in [-0.39, 0.29) is 30.0 Å². The highest BCUT2D eigenvalue weighted by atomic mass is 35.5. The second-order valence-corrected chi connectivity index (χ2v) is 13.0. The summed E-state index contributed by atoms with van der Waals surface area (Å²) in [6.07, 6.45) is 0. The number of nitro groups is 1. The van der Waals surface area contributed by atoms with Crippen LogP contribution >= 0.6 is 30.6 Å². The van der Waals surface area contributed by atoms with Gasteiger partial charge in [-0.3, -0.25) is 19.5 Å². The third kappa shape index (κ3) is 7.90. The molecule has 0 saturated carbocycles. The van der Waals surface area contributed by atoms with E-state index in [2.05, 4.69) is 15.5 Å². The van der Waals surface area contributed by atoms with E-state index in [1.54, 1.807) is 60.1 Å². The highest BCUT2D eigenvalue weighted by Crippen LogP contribution is 2.51. The molecule has 12 nitrogen and oxygen atoms in total. The van der Waals surface area contributed by atoms with Gasteiger partial charge < -0.3 is 15.1 Å². The summed E-state index contributed by atoms with van der Waals surface area (Å²) in [6.45, 7) is 5.98. The number of rotatable bonds is 13. The number of benzene rings is 3. The number of nitro benzene ring substituents is 1. The van der Waals surface area contributed by atoms with E-state index in [0.29, 0.717) is 45.6 Å². The molecule has 236 valence electrons. The standard InChI is InChI=1S/C30H31Cl2N6O6P/c1-4-36(5-2)45(43,35-25-14-16-26(17-15-25)38(41)42)27-20(3)34-37(18-19-44-30(40)22-8-12-24(32)13-9-22)28(27)33-29(39)21-6-10-23(31)11-7-21/h6-17H,4-5,18-19H2,1-3H3,(H,33,39)(H,35,43). The predicted molar refractivity (Wildman–Crippen MR) is 175 cm³/mol. The molecule has 4 aromatic rings. The first-order chi connectivity index (χ1) is 21.5. The molecule has 1 amide bonds. The molecule has 0 aliphatic rings. The zero-order valence-electron chi connectivity index (χ0n) is 24.7. The Hall–Kier alpha value is -4.22. The molecule has 15 heteroatoms. The summed E-state index contributed by atoms with van der Waals surface area (Å²) in [6, 6.07) is 18.1. The van der Waals surface area contributed by atoms with Crippen LogP contribution in [-0.2, 0) is 15.8 Å².